The summed E-state index contributed by atoms with van der Waals surface area (Å²) in [6.07, 6.45) is -5.91. The number of nitrogens with two attached hydrogens (primary N) is 1. The molecule has 1 unspecified atom stereocenters. The van der Waals surface area contributed by atoms with Crippen LogP contribution in [0.5, 0.6) is 0 Å². The Balaban J connectivity index is 3.99. The summed E-state index contributed by atoms with van der Waals surface area (Å²) in [5, 5.41) is 44.2. The molecule has 7 N–H and O–H groups in total. The van der Waals surface area contributed by atoms with Crippen LogP contribution >= 0.6 is 0 Å². The van der Waals surface area contributed by atoms with Gasteiger partial charge in [0.2, 0.25) is 0 Å². The van der Waals surface area contributed by atoms with E-state index >= 15 is 0 Å². The lowest BCUT2D eigenvalue weighted by Gasteiger charge is -2.24. The van der Waals surface area contributed by atoms with Gasteiger partial charge in [-0.05, 0) is 0 Å². The Labute approximate surface area is 69.9 Å². The van der Waals surface area contributed by atoms with Gasteiger partial charge in [0, 0.05) is 6.54 Å². The van der Waals surface area contributed by atoms with Gasteiger partial charge in [0.25, 0.3) is 0 Å². The summed E-state index contributed by atoms with van der Waals surface area (Å²) in [6.45, 7) is -0.911. The Morgan fingerprint density at radius 2 is 1.33 bits per heavy atom. The predicted octanol–water partition coefficient (Wildman–Crippen LogP) is -3.62. The van der Waals surface area contributed by atoms with Gasteiger partial charge >= 0.3 is 0 Å². The molecule has 0 aromatic heterocycles. The van der Waals surface area contributed by atoms with Crippen molar-refractivity contribution in [2.75, 3.05) is 13.2 Å². The fourth-order valence-corrected chi connectivity index (χ4v) is 0.703. The Morgan fingerprint density at radius 1 is 0.917 bits per heavy atom. The lowest BCUT2D eigenvalue weighted by atomic mass is 10.0. The third-order valence-electron chi connectivity index (χ3n) is 1.57. The third-order valence-corrected chi connectivity index (χ3v) is 1.57. The van der Waals surface area contributed by atoms with Gasteiger partial charge in [0.15, 0.2) is 0 Å². The molecule has 0 aliphatic heterocycles. The molecule has 12 heavy (non-hydrogen) atoms. The number of aliphatic hydroxyl groups is 5. The molecule has 0 saturated heterocycles. The first-order valence-corrected chi connectivity index (χ1v) is 3.57. The van der Waals surface area contributed by atoms with E-state index in [0.717, 1.165) is 0 Å². The lowest BCUT2D eigenvalue weighted by Crippen LogP contribution is -2.48. The fraction of sp³-hybridized carbons (Fsp3) is 1.00. The zero-order valence-electron chi connectivity index (χ0n) is 6.54. The molecule has 6 nitrogen and oxygen atoms in total. The van der Waals surface area contributed by atoms with Crippen LogP contribution in [0.25, 0.3) is 0 Å². The van der Waals surface area contributed by atoms with Crippen LogP contribution in [0.1, 0.15) is 0 Å². The standard InChI is InChI=1S/C6H15NO5/c7-1-3(9)5(11)6(12)4(10)2-8/h3-6,8-12H,1-2,7H2/t3?,4-,5-,6-/m1/s1. The SMILES string of the molecule is NCC(O)[C@@H](O)[C@H](O)[C@H](O)CO. The van der Waals surface area contributed by atoms with Gasteiger partial charge in [-0.2, -0.15) is 0 Å². The maximum absolute atomic E-state index is 9.04. The average molecular weight is 181 g/mol. The monoisotopic (exact) mass is 181 g/mol. The first-order chi connectivity index (χ1) is 5.54. The molecule has 0 amide bonds. The van der Waals surface area contributed by atoms with Gasteiger partial charge in [-0.15, -0.1) is 0 Å². The van der Waals surface area contributed by atoms with E-state index in [0.29, 0.717) is 0 Å². The van der Waals surface area contributed by atoms with Crippen LogP contribution in [-0.4, -0.2) is 63.1 Å². The minimum absolute atomic E-state index is 0.226. The van der Waals surface area contributed by atoms with E-state index in [2.05, 4.69) is 0 Å². The minimum atomic E-state index is -1.59. The van der Waals surface area contributed by atoms with Crippen LogP contribution < -0.4 is 5.73 Å². The number of rotatable bonds is 5. The summed E-state index contributed by atoms with van der Waals surface area (Å²) in [6, 6.07) is 0. The molecule has 0 radical (unpaired) electrons. The normalized spacial score (nSPS) is 21.5. The van der Waals surface area contributed by atoms with E-state index in [9.17, 15) is 0 Å². The first kappa shape index (κ1) is 11.8. The Morgan fingerprint density at radius 3 is 1.67 bits per heavy atom. The van der Waals surface area contributed by atoms with E-state index < -0.39 is 31.0 Å². The molecule has 0 aromatic carbocycles. The van der Waals surface area contributed by atoms with E-state index in [1.54, 1.807) is 0 Å². The van der Waals surface area contributed by atoms with Crippen LogP contribution in [0.2, 0.25) is 0 Å². The van der Waals surface area contributed by atoms with Gasteiger partial charge in [-0.3, -0.25) is 0 Å². The maximum atomic E-state index is 9.04. The summed E-state index contributed by atoms with van der Waals surface area (Å²) in [5.74, 6) is 0. The highest BCUT2D eigenvalue weighted by Gasteiger charge is 2.28. The topological polar surface area (TPSA) is 127 Å². The van der Waals surface area contributed by atoms with Gasteiger partial charge in [0.1, 0.15) is 18.3 Å². The second-order valence-electron chi connectivity index (χ2n) is 2.53. The van der Waals surface area contributed by atoms with Gasteiger partial charge in [-0.25, -0.2) is 0 Å². The molecule has 0 heterocycles. The van der Waals surface area contributed by atoms with Crippen LogP contribution in [0.3, 0.4) is 0 Å². The summed E-state index contributed by atoms with van der Waals surface area (Å²) < 4.78 is 0. The number of hydrogen-bond acceptors (Lipinski definition) is 6. The molecular formula is C6H15NO5. The number of aliphatic hydroxyl groups excluding tert-OH is 5. The summed E-state index contributed by atoms with van der Waals surface area (Å²) in [4.78, 5) is 0. The molecule has 0 aromatic rings. The molecular weight excluding hydrogens is 166 g/mol. The van der Waals surface area contributed by atoms with Gasteiger partial charge in [0.05, 0.1) is 12.7 Å². The van der Waals surface area contributed by atoms with Crippen molar-refractivity contribution in [2.45, 2.75) is 24.4 Å². The Kier molecular flexibility index (Phi) is 5.31. The average Bonchev–Trinajstić information content (AvgIpc) is 2.12. The molecule has 4 atom stereocenters. The van der Waals surface area contributed by atoms with Crippen molar-refractivity contribution in [3.63, 3.8) is 0 Å². The van der Waals surface area contributed by atoms with Crippen LogP contribution in [-0.2, 0) is 0 Å². The van der Waals surface area contributed by atoms with Crippen molar-refractivity contribution in [3.8, 4) is 0 Å². The molecule has 0 saturated carbocycles. The van der Waals surface area contributed by atoms with Crippen LogP contribution in [0, 0.1) is 0 Å². The van der Waals surface area contributed by atoms with Crippen LogP contribution in [0.15, 0.2) is 0 Å². The van der Waals surface area contributed by atoms with E-state index in [4.69, 9.17) is 31.3 Å². The van der Waals surface area contributed by atoms with Crippen molar-refractivity contribution in [1.82, 2.24) is 0 Å². The highest BCUT2D eigenvalue weighted by atomic mass is 16.4. The van der Waals surface area contributed by atoms with Crippen molar-refractivity contribution in [3.05, 3.63) is 0 Å². The quantitative estimate of drug-likeness (QED) is 0.260. The molecule has 6 heteroatoms. The minimum Gasteiger partial charge on any atom is -0.394 e. The van der Waals surface area contributed by atoms with Crippen LogP contribution in [0.4, 0.5) is 0 Å². The zero-order valence-corrected chi connectivity index (χ0v) is 6.54. The van der Waals surface area contributed by atoms with Crippen molar-refractivity contribution < 1.29 is 25.5 Å². The van der Waals surface area contributed by atoms with E-state index in [1.807, 2.05) is 0 Å². The molecule has 0 fully saturated rings. The van der Waals surface area contributed by atoms with Gasteiger partial charge in [-0.1, -0.05) is 0 Å². The smallest absolute Gasteiger partial charge is 0.111 e. The Bertz CT molecular complexity index is 109. The van der Waals surface area contributed by atoms with Crippen molar-refractivity contribution >= 4 is 0 Å². The number of hydrogen-bond donors (Lipinski definition) is 6. The maximum Gasteiger partial charge on any atom is 0.111 e. The molecule has 0 rings (SSSR count). The molecule has 0 spiro atoms. The first-order valence-electron chi connectivity index (χ1n) is 3.57. The summed E-state index contributed by atoms with van der Waals surface area (Å²) >= 11 is 0. The molecule has 0 aliphatic carbocycles. The summed E-state index contributed by atoms with van der Waals surface area (Å²) in [5.41, 5.74) is 4.99. The Hall–Kier alpha value is -0.240. The lowest BCUT2D eigenvalue weighted by molar-refractivity contribution is -0.112. The highest BCUT2D eigenvalue weighted by Crippen LogP contribution is 2.03. The van der Waals surface area contributed by atoms with Gasteiger partial charge < -0.3 is 31.3 Å². The van der Waals surface area contributed by atoms with Crippen molar-refractivity contribution in [1.29, 1.82) is 0 Å². The second kappa shape index (κ2) is 5.41. The molecule has 0 aliphatic rings. The largest absolute Gasteiger partial charge is 0.394 e. The second-order valence-corrected chi connectivity index (χ2v) is 2.53. The zero-order chi connectivity index (χ0) is 9.72. The highest BCUT2D eigenvalue weighted by molar-refractivity contribution is 4.80. The predicted molar refractivity (Wildman–Crippen MR) is 40.2 cm³/mol. The third kappa shape index (κ3) is 3.02. The molecule has 0 bridgehead atoms. The summed E-state index contributed by atoms with van der Waals surface area (Å²) in [7, 11) is 0. The fourth-order valence-electron chi connectivity index (χ4n) is 0.703. The molecule has 74 valence electrons. The van der Waals surface area contributed by atoms with E-state index in [1.165, 1.54) is 0 Å². The van der Waals surface area contributed by atoms with E-state index in [-0.39, 0.29) is 6.54 Å². The van der Waals surface area contributed by atoms with Crippen molar-refractivity contribution in [2.24, 2.45) is 5.73 Å².